The normalized spacial score (nSPS) is 16.1. The average Bonchev–Trinajstić information content (AvgIpc) is 3.21. The fourth-order valence-corrected chi connectivity index (χ4v) is 5.69. The van der Waals surface area contributed by atoms with E-state index in [1.54, 1.807) is 10.7 Å². The van der Waals surface area contributed by atoms with Gasteiger partial charge < -0.3 is 14.6 Å². The smallest absolute Gasteiger partial charge is 0.154 e. The van der Waals surface area contributed by atoms with E-state index >= 15 is 0 Å². The van der Waals surface area contributed by atoms with Crippen LogP contribution in [0.15, 0.2) is 42.7 Å². The van der Waals surface area contributed by atoms with Gasteiger partial charge in [0.05, 0.1) is 17.5 Å². The molecule has 0 radical (unpaired) electrons. The van der Waals surface area contributed by atoms with E-state index < -0.39 is 16.7 Å². The van der Waals surface area contributed by atoms with Gasteiger partial charge in [-0.3, -0.25) is 9.19 Å². The van der Waals surface area contributed by atoms with E-state index in [0.29, 0.717) is 36.1 Å². The second-order valence-electron chi connectivity index (χ2n) is 9.50. The van der Waals surface area contributed by atoms with E-state index in [1.807, 2.05) is 57.3 Å². The summed E-state index contributed by atoms with van der Waals surface area (Å²) in [7, 11) is 0. The highest BCUT2D eigenvalue weighted by Gasteiger charge is 2.35. The van der Waals surface area contributed by atoms with Gasteiger partial charge in [0.1, 0.15) is 23.0 Å². The molecule has 188 valence electrons. The summed E-state index contributed by atoms with van der Waals surface area (Å²) in [6.45, 7) is 5.72. The van der Waals surface area contributed by atoms with Crippen molar-refractivity contribution < 1.29 is 13.5 Å². The maximum Gasteiger partial charge on any atom is 0.154 e. The minimum Gasteiger partial charge on any atom is -0.772 e. The Morgan fingerprint density at radius 3 is 2.61 bits per heavy atom. The SMILES string of the molecule is Cc1cc(-c2ccn3nc(Nc4cc(C)nc(C)n4)cc3c2)c(OC2(CS(=O)[O-])CCCCC2)cn1. The number of fused-ring (bicyclic) bond motifs is 1. The van der Waals surface area contributed by atoms with Crippen LogP contribution in [0.1, 0.15) is 49.3 Å². The van der Waals surface area contributed by atoms with Crippen LogP contribution in [0.25, 0.3) is 16.6 Å². The molecule has 1 aliphatic rings. The molecule has 1 saturated carbocycles. The largest absolute Gasteiger partial charge is 0.772 e. The predicted octanol–water partition coefficient (Wildman–Crippen LogP) is 4.82. The van der Waals surface area contributed by atoms with Crippen LogP contribution < -0.4 is 10.1 Å². The van der Waals surface area contributed by atoms with Crippen molar-refractivity contribution >= 4 is 28.2 Å². The predicted molar refractivity (Wildman–Crippen MR) is 138 cm³/mol. The maximum absolute atomic E-state index is 11.7. The van der Waals surface area contributed by atoms with Gasteiger partial charge in [0.25, 0.3) is 0 Å². The Morgan fingerprint density at radius 2 is 1.86 bits per heavy atom. The van der Waals surface area contributed by atoms with Crippen LogP contribution in [0.4, 0.5) is 11.6 Å². The van der Waals surface area contributed by atoms with Crippen LogP contribution in [-0.2, 0) is 11.1 Å². The highest BCUT2D eigenvalue weighted by molar-refractivity contribution is 7.79. The molecule has 0 amide bonds. The number of aromatic nitrogens is 5. The first-order chi connectivity index (χ1) is 17.3. The summed E-state index contributed by atoms with van der Waals surface area (Å²) in [4.78, 5) is 13.2. The molecule has 0 aliphatic heterocycles. The lowest BCUT2D eigenvalue weighted by Gasteiger charge is -2.38. The van der Waals surface area contributed by atoms with Gasteiger partial charge in [0.2, 0.25) is 0 Å². The average molecular weight is 506 g/mol. The summed E-state index contributed by atoms with van der Waals surface area (Å²) in [5.41, 5.74) is 3.73. The molecular formula is C26H29N6O3S-. The van der Waals surface area contributed by atoms with Crippen molar-refractivity contribution in [1.82, 2.24) is 24.6 Å². The Kier molecular flexibility index (Phi) is 6.72. The number of ether oxygens (including phenoxy) is 1. The second-order valence-corrected chi connectivity index (χ2v) is 10.4. The first-order valence-electron chi connectivity index (χ1n) is 12.1. The van der Waals surface area contributed by atoms with Crippen LogP contribution in [0.2, 0.25) is 0 Å². The minimum absolute atomic E-state index is 0.0149. The van der Waals surface area contributed by atoms with Gasteiger partial charge >= 0.3 is 0 Å². The third-order valence-corrected chi connectivity index (χ3v) is 7.23. The molecule has 0 spiro atoms. The molecule has 5 rings (SSSR count). The Labute approximate surface area is 212 Å². The molecule has 4 aromatic rings. The minimum atomic E-state index is -2.19. The van der Waals surface area contributed by atoms with Crippen molar-refractivity contribution in [2.45, 2.75) is 58.5 Å². The first-order valence-corrected chi connectivity index (χ1v) is 13.3. The Hall–Kier alpha value is -3.37. The zero-order valence-electron chi connectivity index (χ0n) is 20.7. The lowest BCUT2D eigenvalue weighted by molar-refractivity contribution is 0.0516. The van der Waals surface area contributed by atoms with Crippen molar-refractivity contribution in [2.24, 2.45) is 0 Å². The molecule has 9 nitrogen and oxygen atoms in total. The summed E-state index contributed by atoms with van der Waals surface area (Å²) < 4.78 is 31.6. The number of anilines is 2. The number of hydrogen-bond donors (Lipinski definition) is 1. The molecule has 10 heteroatoms. The zero-order chi connectivity index (χ0) is 25.3. The standard InChI is InChI=1S/C26H30N6O3S/c1-17-11-22(23(15-27-17)35-26(16-36(33)34)8-5-4-6-9-26)20-7-10-32-21(13-20)14-25(31-32)30-24-12-18(2)28-19(3)29-24/h7,10-15H,4-6,8-9,16H2,1-3H3,(H,33,34)(H,28,29,30,31)/p-1. The van der Waals surface area contributed by atoms with Crippen LogP contribution in [0.3, 0.4) is 0 Å². The molecule has 1 atom stereocenters. The van der Waals surface area contributed by atoms with Gasteiger partial charge in [-0.05, 0) is 70.2 Å². The topological polar surface area (TPSA) is 117 Å². The van der Waals surface area contributed by atoms with Gasteiger partial charge in [-0.2, -0.15) is 5.10 Å². The lowest BCUT2D eigenvalue weighted by atomic mass is 9.86. The number of aryl methyl sites for hydroxylation is 3. The summed E-state index contributed by atoms with van der Waals surface area (Å²) in [5.74, 6) is 2.64. The summed E-state index contributed by atoms with van der Waals surface area (Å²) in [6, 6.07) is 9.82. The van der Waals surface area contributed by atoms with Gasteiger partial charge in [-0.25, -0.2) is 14.5 Å². The fourth-order valence-electron chi connectivity index (χ4n) is 4.91. The van der Waals surface area contributed by atoms with E-state index in [9.17, 15) is 8.76 Å². The van der Waals surface area contributed by atoms with Crippen LogP contribution >= 0.6 is 0 Å². The quantitative estimate of drug-likeness (QED) is 0.355. The number of nitrogens with zero attached hydrogens (tertiary/aromatic N) is 5. The molecule has 1 fully saturated rings. The molecule has 4 heterocycles. The Balaban J connectivity index is 1.48. The van der Waals surface area contributed by atoms with Crippen LogP contribution in [-0.4, -0.2) is 44.7 Å². The molecule has 36 heavy (non-hydrogen) atoms. The van der Waals surface area contributed by atoms with E-state index in [0.717, 1.165) is 47.3 Å². The molecule has 0 bridgehead atoms. The number of hydrogen-bond acceptors (Lipinski definition) is 8. The molecule has 0 aromatic carbocycles. The third kappa shape index (κ3) is 5.39. The first kappa shape index (κ1) is 24.3. The monoisotopic (exact) mass is 505 g/mol. The number of pyridine rings is 2. The van der Waals surface area contributed by atoms with Crippen molar-refractivity contribution in [1.29, 1.82) is 0 Å². The molecule has 0 saturated heterocycles. The Bertz CT molecular complexity index is 1410. The van der Waals surface area contributed by atoms with Crippen LogP contribution in [0.5, 0.6) is 5.75 Å². The summed E-state index contributed by atoms with van der Waals surface area (Å²) in [6.07, 6.45) is 8.04. The van der Waals surface area contributed by atoms with Gasteiger partial charge in [0, 0.05) is 35.3 Å². The molecule has 4 aromatic heterocycles. The fraction of sp³-hybridized carbons (Fsp3) is 0.385. The van der Waals surface area contributed by atoms with E-state index in [-0.39, 0.29) is 5.75 Å². The number of rotatable bonds is 7. The van der Waals surface area contributed by atoms with Crippen molar-refractivity contribution in [2.75, 3.05) is 11.1 Å². The number of nitrogens with one attached hydrogen (secondary N) is 1. The van der Waals surface area contributed by atoms with Gasteiger partial charge in [0.15, 0.2) is 5.82 Å². The zero-order valence-corrected chi connectivity index (χ0v) is 21.5. The van der Waals surface area contributed by atoms with E-state index in [1.165, 1.54) is 0 Å². The third-order valence-electron chi connectivity index (χ3n) is 6.47. The molecule has 1 N–H and O–H groups in total. The van der Waals surface area contributed by atoms with Crippen molar-refractivity contribution in [3.05, 3.63) is 59.9 Å². The van der Waals surface area contributed by atoms with E-state index in [4.69, 9.17) is 4.74 Å². The highest BCUT2D eigenvalue weighted by Crippen LogP contribution is 2.38. The summed E-state index contributed by atoms with van der Waals surface area (Å²) >= 11 is -2.19. The maximum atomic E-state index is 11.7. The molecule has 1 aliphatic carbocycles. The van der Waals surface area contributed by atoms with E-state index in [2.05, 4.69) is 25.4 Å². The highest BCUT2D eigenvalue weighted by atomic mass is 32.2. The van der Waals surface area contributed by atoms with Gasteiger partial charge in [-0.1, -0.05) is 17.5 Å². The van der Waals surface area contributed by atoms with Gasteiger partial charge in [-0.15, -0.1) is 0 Å². The molecule has 1 unspecified atom stereocenters. The van der Waals surface area contributed by atoms with Crippen molar-refractivity contribution in [3.63, 3.8) is 0 Å². The molecular weight excluding hydrogens is 476 g/mol. The van der Waals surface area contributed by atoms with Crippen molar-refractivity contribution in [3.8, 4) is 16.9 Å². The lowest BCUT2D eigenvalue weighted by Crippen LogP contribution is -2.43. The Morgan fingerprint density at radius 1 is 1.06 bits per heavy atom. The summed E-state index contributed by atoms with van der Waals surface area (Å²) in [5, 5.41) is 7.87. The second kappa shape index (κ2) is 9.94. The van der Waals surface area contributed by atoms with Crippen LogP contribution in [0, 0.1) is 20.8 Å².